The second-order valence-electron chi connectivity index (χ2n) is 6.90. The van der Waals surface area contributed by atoms with Crippen LogP contribution in [0.5, 0.6) is 0 Å². The summed E-state index contributed by atoms with van der Waals surface area (Å²) in [6, 6.07) is 14.4. The second-order valence-corrected chi connectivity index (χ2v) is 6.90. The van der Waals surface area contributed by atoms with Crippen LogP contribution in [0, 0.1) is 24.7 Å². The average Bonchev–Trinajstić information content (AvgIpc) is 2.79. The summed E-state index contributed by atoms with van der Waals surface area (Å²) < 4.78 is 0. The average molecular weight is 260 g/mol. The van der Waals surface area contributed by atoms with Crippen molar-refractivity contribution in [3.63, 3.8) is 0 Å². The quantitative estimate of drug-likeness (QED) is 0.621. The standard InChI is InChI=1S/C20H20/c1-2-6-19-14(4-1)5-3-11-20(19)17-9-7-15-12-18(20)10-8-16(15)13-17/h1,7-14,19H,2-6H2. The van der Waals surface area contributed by atoms with Gasteiger partial charge in [0.15, 0.2) is 0 Å². The minimum Gasteiger partial charge on any atom is -0.0575 e. The van der Waals surface area contributed by atoms with Crippen molar-refractivity contribution in [2.75, 3.05) is 0 Å². The van der Waals surface area contributed by atoms with E-state index in [1.807, 2.05) is 0 Å². The van der Waals surface area contributed by atoms with Crippen molar-refractivity contribution in [2.24, 2.45) is 11.8 Å². The molecule has 4 bridgehead atoms. The topological polar surface area (TPSA) is 0 Å². The van der Waals surface area contributed by atoms with E-state index in [-0.39, 0.29) is 5.41 Å². The molecule has 2 fully saturated rings. The van der Waals surface area contributed by atoms with E-state index in [2.05, 4.69) is 49.2 Å². The maximum Gasteiger partial charge on any atom is 0.0265 e. The van der Waals surface area contributed by atoms with Gasteiger partial charge in [-0.2, -0.15) is 0 Å². The summed E-state index contributed by atoms with van der Waals surface area (Å²) in [6.45, 7) is 0. The minimum absolute atomic E-state index is 0.212. The number of fused-ring (bicyclic) bond motifs is 3. The molecule has 2 aromatic rings. The van der Waals surface area contributed by atoms with Crippen LogP contribution in [0.3, 0.4) is 0 Å². The van der Waals surface area contributed by atoms with Crippen LogP contribution < -0.4 is 0 Å². The van der Waals surface area contributed by atoms with Crippen molar-refractivity contribution in [1.82, 2.24) is 0 Å². The van der Waals surface area contributed by atoms with Crippen LogP contribution in [-0.2, 0) is 5.41 Å². The van der Waals surface area contributed by atoms with Crippen molar-refractivity contribution < 1.29 is 0 Å². The Morgan fingerprint density at radius 1 is 0.850 bits per heavy atom. The highest BCUT2D eigenvalue weighted by Gasteiger charge is 2.49. The van der Waals surface area contributed by atoms with Gasteiger partial charge in [0.1, 0.15) is 0 Å². The molecule has 20 heavy (non-hydrogen) atoms. The molecule has 2 atom stereocenters. The number of rotatable bonds is 0. The van der Waals surface area contributed by atoms with E-state index < -0.39 is 0 Å². The van der Waals surface area contributed by atoms with Crippen LogP contribution in [0.4, 0.5) is 0 Å². The predicted octanol–water partition coefficient (Wildman–Crippen LogP) is 5.06. The van der Waals surface area contributed by atoms with Gasteiger partial charge < -0.3 is 0 Å². The van der Waals surface area contributed by atoms with Crippen LogP contribution in [0.25, 0.3) is 10.8 Å². The Balaban J connectivity index is 1.78. The van der Waals surface area contributed by atoms with Crippen LogP contribution in [-0.4, -0.2) is 0 Å². The Kier molecular flexibility index (Phi) is 2.20. The number of benzene rings is 2. The minimum atomic E-state index is 0.212. The molecule has 0 nitrogen and oxygen atoms in total. The molecule has 5 aliphatic rings. The fraction of sp³-hybridized carbons (Fsp3) is 0.400. The highest BCUT2D eigenvalue weighted by atomic mass is 14.5. The molecule has 0 N–H and O–H groups in total. The number of hydrogen-bond acceptors (Lipinski definition) is 0. The fourth-order valence-electron chi connectivity index (χ4n) is 5.22. The maximum absolute atomic E-state index is 2.66. The van der Waals surface area contributed by atoms with E-state index in [0.29, 0.717) is 0 Å². The third-order valence-electron chi connectivity index (χ3n) is 6.10. The zero-order valence-electron chi connectivity index (χ0n) is 11.8. The molecule has 0 aliphatic heterocycles. The van der Waals surface area contributed by atoms with Crippen molar-refractivity contribution in [3.8, 4) is 0 Å². The molecule has 0 saturated heterocycles. The van der Waals surface area contributed by atoms with E-state index in [0.717, 1.165) is 11.8 Å². The van der Waals surface area contributed by atoms with Gasteiger partial charge in [0.25, 0.3) is 0 Å². The van der Waals surface area contributed by atoms with Crippen LogP contribution in [0.1, 0.15) is 43.2 Å². The first kappa shape index (κ1) is 11.4. The van der Waals surface area contributed by atoms with Gasteiger partial charge in [-0.1, -0.05) is 36.4 Å². The molecule has 1 spiro atoms. The van der Waals surface area contributed by atoms with Crippen LogP contribution >= 0.6 is 0 Å². The molecule has 2 aromatic carbocycles. The largest absolute Gasteiger partial charge is 0.0575 e. The van der Waals surface area contributed by atoms with Crippen LogP contribution in [0.2, 0.25) is 0 Å². The van der Waals surface area contributed by atoms with Gasteiger partial charge in [-0.25, -0.2) is 0 Å². The Morgan fingerprint density at radius 2 is 1.60 bits per heavy atom. The summed E-state index contributed by atoms with van der Waals surface area (Å²) >= 11 is 0. The number of hydrogen-bond donors (Lipinski definition) is 0. The monoisotopic (exact) mass is 260 g/mol. The van der Waals surface area contributed by atoms with Gasteiger partial charge >= 0.3 is 0 Å². The molecule has 0 aromatic heterocycles. The zero-order valence-corrected chi connectivity index (χ0v) is 11.8. The summed E-state index contributed by atoms with van der Waals surface area (Å²) in [5.41, 5.74) is 3.33. The molecule has 0 amide bonds. The molecule has 2 saturated carbocycles. The van der Waals surface area contributed by atoms with Gasteiger partial charge in [-0.05, 0) is 78.7 Å². The molecule has 2 radical (unpaired) electrons. The molecule has 2 unspecified atom stereocenters. The van der Waals surface area contributed by atoms with E-state index in [9.17, 15) is 0 Å². The van der Waals surface area contributed by atoms with Crippen molar-refractivity contribution >= 4 is 10.8 Å². The van der Waals surface area contributed by atoms with E-state index in [1.54, 1.807) is 11.1 Å². The Bertz CT molecular complexity index is 636. The molecule has 7 rings (SSSR count). The smallest absolute Gasteiger partial charge is 0.0265 e. The third-order valence-corrected chi connectivity index (χ3v) is 6.10. The highest BCUT2D eigenvalue weighted by Crippen LogP contribution is 2.56. The summed E-state index contributed by atoms with van der Waals surface area (Å²) in [4.78, 5) is 0. The summed E-state index contributed by atoms with van der Waals surface area (Å²) in [7, 11) is 0. The molecular formula is C20H20. The predicted molar refractivity (Wildman–Crippen MR) is 83.4 cm³/mol. The first-order valence-corrected chi connectivity index (χ1v) is 8.09. The summed E-state index contributed by atoms with van der Waals surface area (Å²) in [5.74, 6) is 1.70. The lowest BCUT2D eigenvalue weighted by Crippen LogP contribution is -2.45. The zero-order chi connectivity index (χ0) is 13.2. The second kappa shape index (κ2) is 3.87. The van der Waals surface area contributed by atoms with Gasteiger partial charge in [0.05, 0.1) is 0 Å². The van der Waals surface area contributed by atoms with Gasteiger partial charge in [0.2, 0.25) is 0 Å². The van der Waals surface area contributed by atoms with Gasteiger partial charge in [-0.3, -0.25) is 0 Å². The van der Waals surface area contributed by atoms with Gasteiger partial charge in [-0.15, -0.1) is 0 Å². The van der Waals surface area contributed by atoms with E-state index in [4.69, 9.17) is 0 Å². The van der Waals surface area contributed by atoms with Gasteiger partial charge in [0, 0.05) is 5.41 Å². The van der Waals surface area contributed by atoms with Crippen LogP contribution in [0.15, 0.2) is 36.4 Å². The lowest BCUT2D eigenvalue weighted by molar-refractivity contribution is 0.153. The van der Waals surface area contributed by atoms with E-state index >= 15 is 0 Å². The maximum atomic E-state index is 2.66. The van der Waals surface area contributed by atoms with E-state index in [1.165, 1.54) is 42.9 Å². The lowest BCUT2D eigenvalue weighted by atomic mass is 9.53. The Labute approximate surface area is 121 Å². The SMILES string of the molecule is [CH]1CCC2C(C1)CC[CH]C21c2ccc3cc1ccc3c2. The molecule has 0 heterocycles. The summed E-state index contributed by atoms with van der Waals surface area (Å²) in [6.07, 6.45) is 11.9. The molecule has 5 aliphatic carbocycles. The summed E-state index contributed by atoms with van der Waals surface area (Å²) in [5, 5.41) is 2.84. The molecule has 0 heteroatoms. The normalized spacial score (nSPS) is 30.0. The molecule has 100 valence electrons. The first-order chi connectivity index (χ1) is 9.88. The highest BCUT2D eigenvalue weighted by molar-refractivity contribution is 5.87. The Morgan fingerprint density at radius 3 is 2.35 bits per heavy atom. The van der Waals surface area contributed by atoms with Crippen molar-refractivity contribution in [3.05, 3.63) is 60.4 Å². The first-order valence-electron chi connectivity index (χ1n) is 8.09. The molecular weight excluding hydrogens is 240 g/mol. The van der Waals surface area contributed by atoms with Crippen molar-refractivity contribution in [1.29, 1.82) is 0 Å². The fourth-order valence-corrected chi connectivity index (χ4v) is 5.22. The lowest BCUT2D eigenvalue weighted by Gasteiger charge is -2.50. The van der Waals surface area contributed by atoms with Crippen molar-refractivity contribution in [2.45, 2.75) is 37.5 Å². The third kappa shape index (κ3) is 1.28. The Hall–Kier alpha value is -1.30.